The lowest BCUT2D eigenvalue weighted by molar-refractivity contribution is -0.126. The molecular formula is C16H21FN2O3. The molecule has 1 heterocycles. The van der Waals surface area contributed by atoms with Crippen LogP contribution in [0.2, 0.25) is 0 Å². The number of carbonyl (C=O) groups excluding carboxylic acids is 2. The van der Waals surface area contributed by atoms with Gasteiger partial charge in [0.15, 0.2) is 0 Å². The van der Waals surface area contributed by atoms with E-state index in [4.69, 9.17) is 4.74 Å². The Labute approximate surface area is 129 Å². The lowest BCUT2D eigenvalue weighted by Gasteiger charge is -2.10. The molecule has 2 amide bonds. The van der Waals surface area contributed by atoms with E-state index < -0.39 is 0 Å². The lowest BCUT2D eigenvalue weighted by Crippen LogP contribution is -2.32. The van der Waals surface area contributed by atoms with E-state index in [1.165, 1.54) is 12.1 Å². The molecule has 1 saturated heterocycles. The van der Waals surface area contributed by atoms with Gasteiger partial charge in [0.1, 0.15) is 5.82 Å². The van der Waals surface area contributed by atoms with Crippen molar-refractivity contribution in [2.75, 3.05) is 13.2 Å². The number of amides is 2. The van der Waals surface area contributed by atoms with Gasteiger partial charge in [-0.05, 0) is 30.5 Å². The Morgan fingerprint density at radius 3 is 2.45 bits per heavy atom. The maximum Gasteiger partial charge on any atom is 0.220 e. The monoisotopic (exact) mass is 308 g/mol. The van der Waals surface area contributed by atoms with Gasteiger partial charge in [-0.15, -0.1) is 0 Å². The molecule has 5 nitrogen and oxygen atoms in total. The van der Waals surface area contributed by atoms with Crippen LogP contribution in [0.15, 0.2) is 24.3 Å². The fraction of sp³-hybridized carbons (Fsp3) is 0.500. The second-order valence-corrected chi connectivity index (χ2v) is 5.34. The number of hydrogen-bond donors (Lipinski definition) is 2. The van der Waals surface area contributed by atoms with Crippen molar-refractivity contribution in [3.63, 3.8) is 0 Å². The highest BCUT2D eigenvalue weighted by Gasteiger charge is 2.16. The summed E-state index contributed by atoms with van der Waals surface area (Å²) in [4.78, 5) is 23.3. The fourth-order valence-corrected chi connectivity index (χ4v) is 2.24. The lowest BCUT2D eigenvalue weighted by atomic mass is 10.2. The number of carbonyl (C=O) groups is 2. The summed E-state index contributed by atoms with van der Waals surface area (Å²) < 4.78 is 18.1. The molecule has 6 heteroatoms. The van der Waals surface area contributed by atoms with Crippen molar-refractivity contribution < 1.29 is 18.7 Å². The van der Waals surface area contributed by atoms with Crippen LogP contribution in [0.3, 0.4) is 0 Å². The first-order chi connectivity index (χ1) is 10.6. The second-order valence-electron chi connectivity index (χ2n) is 5.34. The topological polar surface area (TPSA) is 67.4 Å². The summed E-state index contributed by atoms with van der Waals surface area (Å²) in [5, 5.41) is 5.48. The van der Waals surface area contributed by atoms with Crippen LogP contribution in [0.5, 0.6) is 0 Å². The van der Waals surface area contributed by atoms with E-state index in [-0.39, 0.29) is 36.6 Å². The molecule has 1 atom stereocenters. The van der Waals surface area contributed by atoms with Crippen LogP contribution in [0.4, 0.5) is 4.39 Å². The highest BCUT2D eigenvalue weighted by atomic mass is 19.1. The molecule has 0 unspecified atom stereocenters. The highest BCUT2D eigenvalue weighted by Crippen LogP contribution is 2.10. The van der Waals surface area contributed by atoms with Crippen LogP contribution in [-0.2, 0) is 20.9 Å². The van der Waals surface area contributed by atoms with Gasteiger partial charge in [-0.25, -0.2) is 4.39 Å². The van der Waals surface area contributed by atoms with Gasteiger partial charge in [0, 0.05) is 32.5 Å². The molecule has 0 radical (unpaired) electrons. The third-order valence-corrected chi connectivity index (χ3v) is 3.53. The Morgan fingerprint density at radius 1 is 1.14 bits per heavy atom. The predicted octanol–water partition coefficient (Wildman–Crippen LogP) is 1.52. The summed E-state index contributed by atoms with van der Waals surface area (Å²) in [7, 11) is 0. The number of rotatable bonds is 7. The van der Waals surface area contributed by atoms with E-state index >= 15 is 0 Å². The maximum atomic E-state index is 12.7. The minimum atomic E-state index is -0.307. The van der Waals surface area contributed by atoms with Crippen molar-refractivity contribution in [2.45, 2.75) is 38.3 Å². The van der Waals surface area contributed by atoms with Crippen LogP contribution < -0.4 is 10.6 Å². The molecule has 0 saturated carbocycles. The van der Waals surface area contributed by atoms with E-state index in [9.17, 15) is 14.0 Å². The zero-order valence-electron chi connectivity index (χ0n) is 12.4. The molecule has 2 rings (SSSR count). The third-order valence-electron chi connectivity index (χ3n) is 3.53. The maximum absolute atomic E-state index is 12.7. The zero-order valence-corrected chi connectivity index (χ0v) is 12.4. The molecule has 22 heavy (non-hydrogen) atoms. The summed E-state index contributed by atoms with van der Waals surface area (Å²) in [6, 6.07) is 5.92. The minimum Gasteiger partial charge on any atom is -0.376 e. The second kappa shape index (κ2) is 8.48. The molecule has 1 aromatic carbocycles. The van der Waals surface area contributed by atoms with Gasteiger partial charge >= 0.3 is 0 Å². The first-order valence-electron chi connectivity index (χ1n) is 7.53. The van der Waals surface area contributed by atoms with Crippen LogP contribution in [0.1, 0.15) is 31.2 Å². The smallest absolute Gasteiger partial charge is 0.220 e. The Kier molecular flexibility index (Phi) is 6.33. The van der Waals surface area contributed by atoms with Gasteiger partial charge in [0.05, 0.1) is 6.10 Å². The highest BCUT2D eigenvalue weighted by molar-refractivity contribution is 5.83. The zero-order chi connectivity index (χ0) is 15.8. The van der Waals surface area contributed by atoms with E-state index in [1.807, 2.05) is 0 Å². The molecule has 0 aromatic heterocycles. The van der Waals surface area contributed by atoms with Crippen LogP contribution in [0, 0.1) is 5.82 Å². The van der Waals surface area contributed by atoms with Crippen molar-refractivity contribution in [3.8, 4) is 0 Å². The number of ether oxygens (including phenoxy) is 1. The first-order valence-corrected chi connectivity index (χ1v) is 7.53. The van der Waals surface area contributed by atoms with Gasteiger partial charge < -0.3 is 15.4 Å². The minimum absolute atomic E-state index is 0.108. The van der Waals surface area contributed by atoms with E-state index in [0.717, 1.165) is 25.0 Å². The van der Waals surface area contributed by atoms with Crippen molar-refractivity contribution in [2.24, 2.45) is 0 Å². The standard InChI is InChI=1S/C16H21FN2O3/c17-13-5-3-12(4-6-13)10-18-15(20)7-8-16(21)19-11-14-2-1-9-22-14/h3-6,14H,1-2,7-11H2,(H,18,20)(H,19,21)/t14-/m0/s1. The number of benzene rings is 1. The van der Waals surface area contributed by atoms with Gasteiger partial charge in [-0.3, -0.25) is 9.59 Å². The van der Waals surface area contributed by atoms with Gasteiger partial charge in [-0.1, -0.05) is 12.1 Å². The summed E-state index contributed by atoms with van der Waals surface area (Å²) in [5.41, 5.74) is 0.817. The quantitative estimate of drug-likeness (QED) is 0.802. The number of halogens is 1. The molecule has 2 N–H and O–H groups in total. The molecule has 0 bridgehead atoms. The van der Waals surface area contributed by atoms with Crippen LogP contribution in [0.25, 0.3) is 0 Å². The van der Waals surface area contributed by atoms with Gasteiger partial charge in [0.25, 0.3) is 0 Å². The van der Waals surface area contributed by atoms with Crippen LogP contribution in [-0.4, -0.2) is 31.1 Å². The molecular weight excluding hydrogens is 287 g/mol. The van der Waals surface area contributed by atoms with E-state index in [0.29, 0.717) is 13.1 Å². The summed E-state index contributed by atoms with van der Waals surface area (Å²) in [6.45, 7) is 1.60. The van der Waals surface area contributed by atoms with Crippen LogP contribution >= 0.6 is 0 Å². The fourth-order valence-electron chi connectivity index (χ4n) is 2.24. The van der Waals surface area contributed by atoms with Crippen molar-refractivity contribution in [3.05, 3.63) is 35.6 Å². The largest absolute Gasteiger partial charge is 0.376 e. The summed E-state index contributed by atoms with van der Waals surface area (Å²) >= 11 is 0. The van der Waals surface area contributed by atoms with Crippen molar-refractivity contribution in [1.82, 2.24) is 10.6 Å². The molecule has 0 aliphatic carbocycles. The van der Waals surface area contributed by atoms with E-state index in [1.54, 1.807) is 12.1 Å². The molecule has 120 valence electrons. The normalized spacial score (nSPS) is 17.2. The Hall–Kier alpha value is -1.95. The molecule has 1 fully saturated rings. The van der Waals surface area contributed by atoms with Gasteiger partial charge in [-0.2, -0.15) is 0 Å². The molecule has 0 spiro atoms. The van der Waals surface area contributed by atoms with Crippen molar-refractivity contribution >= 4 is 11.8 Å². The Balaban J connectivity index is 1.58. The summed E-state index contributed by atoms with van der Waals surface area (Å²) in [5.74, 6) is -0.651. The third kappa shape index (κ3) is 5.81. The SMILES string of the molecule is O=C(CCC(=O)NC[C@@H]1CCCO1)NCc1ccc(F)cc1. The molecule has 1 aliphatic rings. The average Bonchev–Trinajstić information content (AvgIpc) is 3.04. The number of hydrogen-bond acceptors (Lipinski definition) is 3. The Bertz CT molecular complexity index is 499. The average molecular weight is 308 g/mol. The Morgan fingerprint density at radius 2 is 1.82 bits per heavy atom. The van der Waals surface area contributed by atoms with Crippen molar-refractivity contribution in [1.29, 1.82) is 0 Å². The first kappa shape index (κ1) is 16.4. The molecule has 1 aromatic rings. The van der Waals surface area contributed by atoms with Gasteiger partial charge in [0.2, 0.25) is 11.8 Å². The van der Waals surface area contributed by atoms with E-state index in [2.05, 4.69) is 10.6 Å². The number of nitrogens with one attached hydrogen (secondary N) is 2. The molecule has 1 aliphatic heterocycles. The predicted molar refractivity (Wildman–Crippen MR) is 79.5 cm³/mol. The summed E-state index contributed by atoms with van der Waals surface area (Å²) in [6.07, 6.45) is 2.40.